The number of hydrogen-bond donors (Lipinski definition) is 1. The van der Waals surface area contributed by atoms with E-state index in [1.165, 1.54) is 4.90 Å². The van der Waals surface area contributed by atoms with Gasteiger partial charge in [0.2, 0.25) is 0 Å². The largest absolute Gasteiger partial charge is 0.480 e. The summed E-state index contributed by atoms with van der Waals surface area (Å²) in [7, 11) is 0. The Morgan fingerprint density at radius 1 is 1.31 bits per heavy atom. The number of benzene rings is 1. The van der Waals surface area contributed by atoms with Gasteiger partial charge in [0.15, 0.2) is 17.2 Å². The van der Waals surface area contributed by atoms with Crippen molar-refractivity contribution in [3.05, 3.63) is 46.2 Å². The topological polar surface area (TPSA) is 101 Å². The number of aromatic nitrogens is 3. The minimum atomic E-state index is -1.09. The number of carboxylic acids is 1. The number of hydrogen-bond acceptors (Lipinski definition) is 5. The highest BCUT2D eigenvalue weighted by molar-refractivity contribution is 6.35. The van der Waals surface area contributed by atoms with Gasteiger partial charge in [0, 0.05) is 10.9 Å². The summed E-state index contributed by atoms with van der Waals surface area (Å²) >= 11 is 6.15. The molecule has 3 aromatic rings. The molecular formula is C17H15ClN4O4. The number of amides is 1. The number of fused-ring (bicyclic) bond motifs is 2. The number of nitrogens with zero attached hydrogens (tertiary/aromatic N) is 4. The van der Waals surface area contributed by atoms with Gasteiger partial charge in [-0.05, 0) is 19.9 Å². The van der Waals surface area contributed by atoms with E-state index in [9.17, 15) is 14.7 Å². The van der Waals surface area contributed by atoms with Crippen LogP contribution in [0.4, 0.5) is 0 Å². The lowest BCUT2D eigenvalue weighted by Gasteiger charge is -2.33. The van der Waals surface area contributed by atoms with Crippen molar-refractivity contribution >= 4 is 34.4 Å². The third kappa shape index (κ3) is 2.37. The third-order valence-corrected chi connectivity index (χ3v) is 5.01. The van der Waals surface area contributed by atoms with Gasteiger partial charge < -0.3 is 19.0 Å². The van der Waals surface area contributed by atoms with E-state index >= 15 is 0 Å². The molecule has 1 aliphatic rings. The number of aryl methyl sites for hydroxylation is 2. The van der Waals surface area contributed by atoms with E-state index in [1.807, 2.05) is 6.07 Å². The molecule has 0 radical (unpaired) electrons. The molecule has 2 aromatic heterocycles. The second kappa shape index (κ2) is 5.84. The molecule has 0 spiro atoms. The Hall–Kier alpha value is -2.87. The van der Waals surface area contributed by atoms with Crippen LogP contribution in [0.25, 0.3) is 11.0 Å². The minimum absolute atomic E-state index is 0.0425. The normalized spacial score (nSPS) is 16.7. The van der Waals surface area contributed by atoms with E-state index in [0.29, 0.717) is 27.8 Å². The molecule has 26 heavy (non-hydrogen) atoms. The average molecular weight is 375 g/mol. The molecule has 0 saturated carbocycles. The van der Waals surface area contributed by atoms with Crippen LogP contribution in [0.1, 0.15) is 27.8 Å². The number of para-hydroxylation sites is 1. The molecule has 8 nitrogen and oxygen atoms in total. The summed E-state index contributed by atoms with van der Waals surface area (Å²) in [6.45, 7) is 3.64. The summed E-state index contributed by atoms with van der Waals surface area (Å²) in [5.41, 5.74) is 1.04. The first kappa shape index (κ1) is 16.6. The number of aliphatic carboxylic acids is 1. The second-order valence-electron chi connectivity index (χ2n) is 6.23. The highest BCUT2D eigenvalue weighted by Gasteiger charge is 2.38. The van der Waals surface area contributed by atoms with Crippen molar-refractivity contribution < 1.29 is 19.1 Å². The standard InChI is InChI=1S/C17H15ClN4O4/c1-8-10-4-3-5-11(18)15(10)26-14(8)16(23)22-7-13-20-19-9(2)21(13)6-12(22)17(24)25/h3-5,12H,6-7H2,1-2H3,(H,24,25). The Morgan fingerprint density at radius 2 is 2.08 bits per heavy atom. The Morgan fingerprint density at radius 3 is 2.77 bits per heavy atom. The Balaban J connectivity index is 1.79. The van der Waals surface area contributed by atoms with Crippen LogP contribution in [0.2, 0.25) is 5.02 Å². The summed E-state index contributed by atoms with van der Waals surface area (Å²) in [4.78, 5) is 26.1. The van der Waals surface area contributed by atoms with E-state index < -0.39 is 17.9 Å². The van der Waals surface area contributed by atoms with Crippen molar-refractivity contribution in [1.29, 1.82) is 0 Å². The fourth-order valence-corrected chi connectivity index (χ4v) is 3.49. The second-order valence-corrected chi connectivity index (χ2v) is 6.64. The molecule has 1 N–H and O–H groups in total. The van der Waals surface area contributed by atoms with Gasteiger partial charge in [-0.15, -0.1) is 10.2 Å². The molecule has 0 aliphatic carbocycles. The predicted octanol–water partition coefficient (Wildman–Crippen LogP) is 2.40. The van der Waals surface area contributed by atoms with Crippen LogP contribution in [-0.4, -0.2) is 42.7 Å². The first-order chi connectivity index (χ1) is 12.4. The van der Waals surface area contributed by atoms with E-state index in [2.05, 4.69) is 10.2 Å². The van der Waals surface area contributed by atoms with Crippen LogP contribution < -0.4 is 0 Å². The number of carbonyl (C=O) groups excluding carboxylic acids is 1. The lowest BCUT2D eigenvalue weighted by Crippen LogP contribution is -2.50. The molecule has 1 unspecified atom stereocenters. The van der Waals surface area contributed by atoms with Gasteiger partial charge in [-0.3, -0.25) is 4.79 Å². The molecular weight excluding hydrogens is 360 g/mol. The van der Waals surface area contributed by atoms with Crippen LogP contribution in [-0.2, 0) is 17.9 Å². The van der Waals surface area contributed by atoms with Crippen molar-refractivity contribution in [2.45, 2.75) is 33.0 Å². The van der Waals surface area contributed by atoms with Gasteiger partial charge in [0.25, 0.3) is 5.91 Å². The zero-order valence-corrected chi connectivity index (χ0v) is 14.8. The smallest absolute Gasteiger partial charge is 0.328 e. The van der Waals surface area contributed by atoms with Gasteiger partial charge in [-0.2, -0.15) is 0 Å². The van der Waals surface area contributed by atoms with E-state index in [0.717, 1.165) is 5.39 Å². The van der Waals surface area contributed by atoms with Gasteiger partial charge in [0.1, 0.15) is 11.9 Å². The third-order valence-electron chi connectivity index (χ3n) is 4.71. The zero-order chi connectivity index (χ0) is 18.6. The minimum Gasteiger partial charge on any atom is -0.480 e. The molecule has 1 aliphatic heterocycles. The molecule has 134 valence electrons. The fraction of sp³-hybridized carbons (Fsp3) is 0.294. The zero-order valence-electron chi connectivity index (χ0n) is 14.1. The van der Waals surface area contributed by atoms with Crippen LogP contribution in [0.15, 0.2) is 22.6 Å². The van der Waals surface area contributed by atoms with Gasteiger partial charge in [-0.1, -0.05) is 23.7 Å². The van der Waals surface area contributed by atoms with Gasteiger partial charge in [0.05, 0.1) is 18.1 Å². The number of rotatable bonds is 2. The summed E-state index contributed by atoms with van der Waals surface area (Å²) < 4.78 is 7.42. The van der Waals surface area contributed by atoms with Crippen LogP contribution in [0, 0.1) is 13.8 Å². The Bertz CT molecular complexity index is 1050. The summed E-state index contributed by atoms with van der Waals surface area (Å²) in [5.74, 6) is -0.354. The Labute approximate surface area is 153 Å². The number of carbonyl (C=O) groups is 2. The van der Waals surface area contributed by atoms with Crippen molar-refractivity contribution in [3.63, 3.8) is 0 Å². The van der Waals surface area contributed by atoms with Gasteiger partial charge >= 0.3 is 5.97 Å². The van der Waals surface area contributed by atoms with E-state index in [-0.39, 0.29) is 18.8 Å². The van der Waals surface area contributed by atoms with Gasteiger partial charge in [-0.25, -0.2) is 4.79 Å². The lowest BCUT2D eigenvalue weighted by atomic mass is 10.1. The highest BCUT2D eigenvalue weighted by atomic mass is 35.5. The van der Waals surface area contributed by atoms with Crippen LogP contribution >= 0.6 is 11.6 Å². The summed E-state index contributed by atoms with van der Waals surface area (Å²) in [6.07, 6.45) is 0. The van der Waals surface area contributed by atoms with E-state index in [4.69, 9.17) is 16.0 Å². The molecule has 4 rings (SSSR count). The van der Waals surface area contributed by atoms with Crippen molar-refractivity contribution in [2.24, 2.45) is 0 Å². The number of furan rings is 1. The highest BCUT2D eigenvalue weighted by Crippen LogP contribution is 2.32. The van der Waals surface area contributed by atoms with Crippen molar-refractivity contribution in [1.82, 2.24) is 19.7 Å². The van der Waals surface area contributed by atoms with Crippen LogP contribution in [0.3, 0.4) is 0 Å². The van der Waals surface area contributed by atoms with E-state index in [1.54, 1.807) is 30.5 Å². The van der Waals surface area contributed by atoms with Crippen LogP contribution in [0.5, 0.6) is 0 Å². The molecule has 0 saturated heterocycles. The Kier molecular flexibility index (Phi) is 3.73. The van der Waals surface area contributed by atoms with Crippen molar-refractivity contribution in [2.75, 3.05) is 0 Å². The molecule has 3 heterocycles. The molecule has 9 heteroatoms. The number of carboxylic acid groups (broad SMARTS) is 1. The predicted molar refractivity (Wildman–Crippen MR) is 92.0 cm³/mol. The maximum Gasteiger partial charge on any atom is 0.328 e. The van der Waals surface area contributed by atoms with Crippen molar-refractivity contribution in [3.8, 4) is 0 Å². The summed E-state index contributed by atoms with van der Waals surface area (Å²) in [5, 5.41) is 18.7. The quantitative estimate of drug-likeness (QED) is 0.739. The maximum atomic E-state index is 13.1. The fourth-order valence-electron chi connectivity index (χ4n) is 3.28. The number of halogens is 1. The molecule has 1 amide bonds. The summed E-state index contributed by atoms with van der Waals surface area (Å²) in [6, 6.07) is 4.22. The molecule has 0 bridgehead atoms. The molecule has 1 atom stereocenters. The first-order valence-electron chi connectivity index (χ1n) is 7.98. The average Bonchev–Trinajstić information content (AvgIpc) is 3.15. The first-order valence-corrected chi connectivity index (χ1v) is 8.36. The lowest BCUT2D eigenvalue weighted by molar-refractivity contribution is -0.143. The molecule has 0 fully saturated rings. The monoisotopic (exact) mass is 374 g/mol. The maximum absolute atomic E-state index is 13.1. The molecule has 1 aromatic carbocycles. The SMILES string of the molecule is Cc1c(C(=O)N2Cc3nnc(C)n3CC2C(=O)O)oc2c(Cl)cccc12.